The Morgan fingerprint density at radius 1 is 0.938 bits per heavy atom. The normalized spacial score (nSPS) is 11.4. The number of hydrogen-bond acceptors (Lipinski definition) is 5. The van der Waals surface area contributed by atoms with Crippen LogP contribution in [0.25, 0.3) is 38.9 Å². The van der Waals surface area contributed by atoms with Gasteiger partial charge in [0.15, 0.2) is 11.5 Å². The van der Waals surface area contributed by atoms with Gasteiger partial charge in [-0.15, -0.1) is 0 Å². The van der Waals surface area contributed by atoms with Gasteiger partial charge in [-0.1, -0.05) is 0 Å². The number of benzene rings is 2. The van der Waals surface area contributed by atoms with Crippen molar-refractivity contribution < 1.29 is 9.47 Å². The number of ether oxygens (including phenoxy) is 2. The summed E-state index contributed by atoms with van der Waals surface area (Å²) in [4.78, 5) is 33.2. The number of nitrogens with zero attached hydrogens (tertiary/aromatic N) is 4. The van der Waals surface area contributed by atoms with E-state index in [-0.39, 0.29) is 11.2 Å². The lowest BCUT2D eigenvalue weighted by atomic mass is 10.1. The highest BCUT2D eigenvalue weighted by Crippen LogP contribution is 2.36. The first-order chi connectivity index (χ1) is 15.4. The minimum absolute atomic E-state index is 0.366. The molecule has 0 aliphatic heterocycles. The summed E-state index contributed by atoms with van der Waals surface area (Å²) in [6.45, 7) is 0. The van der Waals surface area contributed by atoms with E-state index in [1.807, 2.05) is 41.1 Å². The number of H-pyrrole nitrogens is 1. The maximum absolute atomic E-state index is 13.3. The number of aryl methyl sites for hydroxylation is 1. The fourth-order valence-electron chi connectivity index (χ4n) is 4.08. The minimum Gasteiger partial charge on any atom is -0.493 e. The molecule has 32 heavy (non-hydrogen) atoms. The lowest BCUT2D eigenvalue weighted by Gasteiger charge is -2.13. The smallest absolute Gasteiger partial charge is 0.330 e. The highest BCUT2D eigenvalue weighted by atomic mass is 16.5. The maximum Gasteiger partial charge on any atom is 0.330 e. The molecule has 0 unspecified atom stereocenters. The van der Waals surface area contributed by atoms with Crippen LogP contribution in [-0.4, -0.2) is 37.9 Å². The van der Waals surface area contributed by atoms with Crippen molar-refractivity contribution in [3.63, 3.8) is 0 Å². The topological polar surface area (TPSA) is 96.1 Å². The van der Waals surface area contributed by atoms with Crippen LogP contribution in [0, 0.1) is 0 Å². The molecule has 0 bridgehead atoms. The lowest BCUT2D eigenvalue weighted by Crippen LogP contribution is -2.36. The number of imidazole rings is 1. The van der Waals surface area contributed by atoms with E-state index in [9.17, 15) is 9.59 Å². The van der Waals surface area contributed by atoms with Crippen molar-refractivity contribution in [1.82, 2.24) is 23.7 Å². The Labute approximate surface area is 182 Å². The standard InChI is InChI=1S/C23H21N5O4/c1-26-17-11-28(14-6-7-15-16(10-14)25-12-24-15)21(20(17)22(29)27(2)23(26)30)13-5-8-18(31-3)19(9-13)32-4/h5-12H,1-4H3,(H,24,25). The molecule has 9 heteroatoms. The molecular weight excluding hydrogens is 410 g/mol. The third-order valence-electron chi connectivity index (χ3n) is 5.78. The Bertz CT molecular complexity index is 1620. The van der Waals surface area contributed by atoms with Crippen molar-refractivity contribution >= 4 is 21.9 Å². The van der Waals surface area contributed by atoms with E-state index in [0.29, 0.717) is 28.1 Å². The first-order valence-corrected chi connectivity index (χ1v) is 9.91. The van der Waals surface area contributed by atoms with Crippen molar-refractivity contribution in [2.24, 2.45) is 14.1 Å². The molecule has 3 heterocycles. The number of aromatic amines is 1. The highest BCUT2D eigenvalue weighted by Gasteiger charge is 2.21. The van der Waals surface area contributed by atoms with Gasteiger partial charge in [0.25, 0.3) is 5.56 Å². The summed E-state index contributed by atoms with van der Waals surface area (Å²) >= 11 is 0. The largest absolute Gasteiger partial charge is 0.493 e. The van der Waals surface area contributed by atoms with Crippen LogP contribution in [0.15, 0.2) is 58.5 Å². The zero-order chi connectivity index (χ0) is 22.6. The molecule has 0 spiro atoms. The molecule has 1 N–H and O–H groups in total. The zero-order valence-corrected chi connectivity index (χ0v) is 18.0. The first-order valence-electron chi connectivity index (χ1n) is 9.91. The van der Waals surface area contributed by atoms with E-state index < -0.39 is 0 Å². The first kappa shape index (κ1) is 19.7. The van der Waals surface area contributed by atoms with Crippen molar-refractivity contribution in [1.29, 1.82) is 0 Å². The van der Waals surface area contributed by atoms with Gasteiger partial charge < -0.3 is 19.0 Å². The summed E-state index contributed by atoms with van der Waals surface area (Å²) in [5.41, 5.74) is 3.69. The molecule has 0 aliphatic rings. The molecule has 0 saturated carbocycles. The van der Waals surface area contributed by atoms with Crippen LogP contribution in [-0.2, 0) is 14.1 Å². The molecule has 0 saturated heterocycles. The summed E-state index contributed by atoms with van der Waals surface area (Å²) in [6.07, 6.45) is 3.44. The van der Waals surface area contributed by atoms with E-state index in [1.165, 1.54) is 11.6 Å². The van der Waals surface area contributed by atoms with Crippen LogP contribution >= 0.6 is 0 Å². The van der Waals surface area contributed by atoms with E-state index in [1.54, 1.807) is 33.7 Å². The zero-order valence-electron chi connectivity index (χ0n) is 18.0. The summed E-state index contributed by atoms with van der Waals surface area (Å²) in [5.74, 6) is 1.12. The highest BCUT2D eigenvalue weighted by molar-refractivity contribution is 5.95. The van der Waals surface area contributed by atoms with Crippen LogP contribution in [0.1, 0.15) is 0 Å². The summed E-state index contributed by atoms with van der Waals surface area (Å²) < 4.78 is 15.4. The summed E-state index contributed by atoms with van der Waals surface area (Å²) in [6, 6.07) is 11.3. The molecule has 0 atom stereocenters. The fourth-order valence-corrected chi connectivity index (χ4v) is 4.08. The molecule has 5 aromatic rings. The van der Waals surface area contributed by atoms with Crippen molar-refractivity contribution in [3.05, 3.63) is 69.8 Å². The van der Waals surface area contributed by atoms with Crippen LogP contribution in [0.3, 0.4) is 0 Å². The predicted molar refractivity (Wildman–Crippen MR) is 122 cm³/mol. The van der Waals surface area contributed by atoms with Gasteiger partial charge in [0.2, 0.25) is 0 Å². The van der Waals surface area contributed by atoms with Gasteiger partial charge in [-0.2, -0.15) is 0 Å². The molecule has 9 nitrogen and oxygen atoms in total. The van der Waals surface area contributed by atoms with Crippen LogP contribution in [0.5, 0.6) is 11.5 Å². The van der Waals surface area contributed by atoms with Gasteiger partial charge in [0.05, 0.1) is 48.2 Å². The van der Waals surface area contributed by atoms with Gasteiger partial charge in [-0.05, 0) is 36.4 Å². The predicted octanol–water partition coefficient (Wildman–Crippen LogP) is 2.59. The Balaban J connectivity index is 1.92. The van der Waals surface area contributed by atoms with E-state index >= 15 is 0 Å². The number of aromatic nitrogens is 5. The van der Waals surface area contributed by atoms with Crippen molar-refractivity contribution in [2.75, 3.05) is 14.2 Å². The number of rotatable bonds is 4. The Morgan fingerprint density at radius 3 is 2.47 bits per heavy atom. The number of nitrogens with one attached hydrogen (secondary N) is 1. The summed E-state index contributed by atoms with van der Waals surface area (Å²) in [5, 5.41) is 0.437. The monoisotopic (exact) mass is 431 g/mol. The Kier molecular flexibility index (Phi) is 4.40. The average Bonchev–Trinajstić information content (AvgIpc) is 3.45. The Morgan fingerprint density at radius 2 is 1.72 bits per heavy atom. The second kappa shape index (κ2) is 7.16. The van der Waals surface area contributed by atoms with Gasteiger partial charge in [0, 0.05) is 31.5 Å². The number of fused-ring (bicyclic) bond motifs is 2. The molecule has 0 radical (unpaired) electrons. The third-order valence-corrected chi connectivity index (χ3v) is 5.78. The Hall–Kier alpha value is -4.27. The van der Waals surface area contributed by atoms with Crippen LogP contribution in [0.2, 0.25) is 0 Å². The van der Waals surface area contributed by atoms with Crippen LogP contribution < -0.4 is 20.7 Å². The molecule has 5 rings (SSSR count). The maximum atomic E-state index is 13.3. The van der Waals surface area contributed by atoms with Gasteiger partial charge in [-0.25, -0.2) is 9.78 Å². The SMILES string of the molecule is COc1ccc(-c2c3c(=O)n(C)c(=O)n(C)c3cn2-c2ccc3nc[nH]c3c2)cc1OC. The van der Waals surface area contributed by atoms with Crippen molar-refractivity contribution in [3.8, 4) is 28.4 Å². The van der Waals surface area contributed by atoms with Crippen LogP contribution in [0.4, 0.5) is 0 Å². The molecule has 0 aliphatic carbocycles. The van der Waals surface area contributed by atoms with Gasteiger partial charge >= 0.3 is 5.69 Å². The van der Waals surface area contributed by atoms with Gasteiger partial charge in [0.1, 0.15) is 0 Å². The molecule has 162 valence electrons. The number of methoxy groups -OCH3 is 2. The average molecular weight is 431 g/mol. The summed E-state index contributed by atoms with van der Waals surface area (Å²) in [7, 11) is 6.27. The van der Waals surface area contributed by atoms with E-state index in [0.717, 1.165) is 26.9 Å². The second-order valence-corrected chi connectivity index (χ2v) is 7.49. The third kappa shape index (κ3) is 2.74. The molecule has 2 aromatic carbocycles. The van der Waals surface area contributed by atoms with Gasteiger partial charge in [-0.3, -0.25) is 13.9 Å². The molecular formula is C23H21N5O4. The molecule has 3 aromatic heterocycles. The van der Waals surface area contributed by atoms with Crippen molar-refractivity contribution in [2.45, 2.75) is 0 Å². The second-order valence-electron chi connectivity index (χ2n) is 7.49. The van der Waals surface area contributed by atoms with E-state index in [4.69, 9.17) is 9.47 Å². The molecule has 0 fully saturated rings. The lowest BCUT2D eigenvalue weighted by molar-refractivity contribution is 0.355. The fraction of sp³-hybridized carbons (Fsp3) is 0.174. The quantitative estimate of drug-likeness (QED) is 0.472. The molecule has 0 amide bonds. The minimum atomic E-state index is -0.387. The van der Waals surface area contributed by atoms with E-state index in [2.05, 4.69) is 9.97 Å². The number of hydrogen-bond donors (Lipinski definition) is 1.